The van der Waals surface area contributed by atoms with Crippen LogP contribution in [0.2, 0.25) is 0 Å². The summed E-state index contributed by atoms with van der Waals surface area (Å²) in [6.45, 7) is 1.51. The van der Waals surface area contributed by atoms with E-state index in [-0.39, 0.29) is 5.78 Å². The van der Waals surface area contributed by atoms with E-state index in [9.17, 15) is 4.79 Å². The number of anilines is 1. The lowest BCUT2D eigenvalue weighted by Gasteiger charge is -2.02. The molecule has 0 unspecified atom stereocenters. The molecule has 0 heterocycles. The van der Waals surface area contributed by atoms with Crippen molar-refractivity contribution in [1.29, 1.82) is 0 Å². The fourth-order valence-corrected chi connectivity index (χ4v) is 0.942. The van der Waals surface area contributed by atoms with Gasteiger partial charge in [0.2, 0.25) is 0 Å². The zero-order valence-electron chi connectivity index (χ0n) is 8.28. The third-order valence-corrected chi connectivity index (χ3v) is 1.66. The molecule has 0 saturated heterocycles. The minimum atomic E-state index is 0.0195. The fraction of sp³-hybridized carbons (Fsp3) is 0.182. The van der Waals surface area contributed by atoms with Gasteiger partial charge < -0.3 is 10.1 Å². The molecule has 0 aliphatic heterocycles. The van der Waals surface area contributed by atoms with Crippen LogP contribution in [0.3, 0.4) is 0 Å². The second-order valence-electron chi connectivity index (χ2n) is 2.82. The van der Waals surface area contributed by atoms with Gasteiger partial charge in [0, 0.05) is 11.9 Å². The summed E-state index contributed by atoms with van der Waals surface area (Å²) in [5.41, 5.74) is 0.920. The van der Waals surface area contributed by atoms with E-state index in [0.717, 1.165) is 11.4 Å². The molecule has 0 radical (unpaired) electrons. The first-order chi connectivity index (χ1) is 6.72. The number of allylic oxidation sites excluding steroid dienone is 1. The Morgan fingerprint density at radius 1 is 1.36 bits per heavy atom. The number of rotatable bonds is 4. The van der Waals surface area contributed by atoms with Crippen LogP contribution in [0.4, 0.5) is 5.69 Å². The highest BCUT2D eigenvalue weighted by Gasteiger charge is 1.90. The molecule has 0 spiro atoms. The Balaban J connectivity index is 2.56. The third-order valence-electron chi connectivity index (χ3n) is 1.66. The summed E-state index contributed by atoms with van der Waals surface area (Å²) in [5, 5.41) is 2.97. The van der Waals surface area contributed by atoms with Crippen LogP contribution in [-0.4, -0.2) is 12.9 Å². The molecular formula is C11H13NO2. The quantitative estimate of drug-likeness (QED) is 0.741. The Kier molecular flexibility index (Phi) is 3.73. The number of ether oxygens (including phenoxy) is 1. The highest BCUT2D eigenvalue weighted by molar-refractivity contribution is 5.87. The predicted octanol–water partition coefficient (Wildman–Crippen LogP) is 2.21. The summed E-state index contributed by atoms with van der Waals surface area (Å²) in [6, 6.07) is 7.46. The van der Waals surface area contributed by atoms with Gasteiger partial charge in [0.1, 0.15) is 5.75 Å². The molecule has 1 aromatic carbocycles. The lowest BCUT2D eigenvalue weighted by molar-refractivity contribution is -0.112. The van der Waals surface area contributed by atoms with E-state index < -0.39 is 0 Å². The average molecular weight is 191 g/mol. The van der Waals surface area contributed by atoms with Gasteiger partial charge in [0.05, 0.1) is 7.11 Å². The topological polar surface area (TPSA) is 38.3 Å². The van der Waals surface area contributed by atoms with Crippen LogP contribution in [0.15, 0.2) is 36.5 Å². The molecule has 1 N–H and O–H groups in total. The Bertz CT molecular complexity index is 328. The SMILES string of the molecule is COc1ccc(N/C=C/C(C)=O)cc1. The summed E-state index contributed by atoms with van der Waals surface area (Å²) in [7, 11) is 1.62. The molecule has 0 aliphatic carbocycles. The monoisotopic (exact) mass is 191 g/mol. The van der Waals surface area contributed by atoms with E-state index in [1.165, 1.54) is 13.0 Å². The van der Waals surface area contributed by atoms with Crippen molar-refractivity contribution in [2.45, 2.75) is 6.92 Å². The zero-order valence-corrected chi connectivity index (χ0v) is 8.28. The van der Waals surface area contributed by atoms with Crippen LogP contribution in [-0.2, 0) is 4.79 Å². The number of hydrogen-bond donors (Lipinski definition) is 1. The van der Waals surface area contributed by atoms with Crippen molar-refractivity contribution < 1.29 is 9.53 Å². The summed E-state index contributed by atoms with van der Waals surface area (Å²) >= 11 is 0. The molecule has 1 rings (SSSR count). The van der Waals surface area contributed by atoms with Crippen molar-refractivity contribution in [3.8, 4) is 5.75 Å². The Labute approximate surface area is 83.4 Å². The Morgan fingerprint density at radius 3 is 2.50 bits per heavy atom. The molecule has 14 heavy (non-hydrogen) atoms. The molecule has 3 nitrogen and oxygen atoms in total. The molecule has 0 aromatic heterocycles. The predicted molar refractivity (Wildman–Crippen MR) is 56.4 cm³/mol. The highest BCUT2D eigenvalue weighted by atomic mass is 16.5. The second-order valence-corrected chi connectivity index (χ2v) is 2.82. The smallest absolute Gasteiger partial charge is 0.154 e. The third kappa shape index (κ3) is 3.31. The Morgan fingerprint density at radius 2 is 2.00 bits per heavy atom. The molecule has 0 fully saturated rings. The maximum Gasteiger partial charge on any atom is 0.154 e. The number of nitrogens with one attached hydrogen (secondary N) is 1. The minimum absolute atomic E-state index is 0.0195. The maximum absolute atomic E-state index is 10.6. The van der Waals surface area contributed by atoms with E-state index in [0.29, 0.717) is 0 Å². The normalized spacial score (nSPS) is 10.1. The van der Waals surface area contributed by atoms with Crippen LogP contribution < -0.4 is 10.1 Å². The van der Waals surface area contributed by atoms with Crippen molar-refractivity contribution in [2.24, 2.45) is 0 Å². The van der Waals surface area contributed by atoms with E-state index in [4.69, 9.17) is 4.74 Å². The molecule has 0 saturated carbocycles. The zero-order chi connectivity index (χ0) is 10.4. The summed E-state index contributed by atoms with van der Waals surface area (Å²) in [6.07, 6.45) is 3.09. The summed E-state index contributed by atoms with van der Waals surface area (Å²) < 4.78 is 5.01. The number of ketones is 1. The molecule has 0 bridgehead atoms. The van der Waals surface area contributed by atoms with E-state index in [1.807, 2.05) is 24.3 Å². The molecule has 0 aliphatic rings. The van der Waals surface area contributed by atoms with Crippen molar-refractivity contribution in [2.75, 3.05) is 12.4 Å². The van der Waals surface area contributed by atoms with Crippen LogP contribution in [0.1, 0.15) is 6.92 Å². The van der Waals surface area contributed by atoms with Gasteiger partial charge in [-0.05, 0) is 37.3 Å². The van der Waals surface area contributed by atoms with Gasteiger partial charge in [-0.3, -0.25) is 4.79 Å². The first kappa shape index (κ1) is 10.3. The second kappa shape index (κ2) is 5.07. The first-order valence-electron chi connectivity index (χ1n) is 4.30. The summed E-state index contributed by atoms with van der Waals surface area (Å²) in [5.74, 6) is 0.831. The van der Waals surface area contributed by atoms with Crippen molar-refractivity contribution >= 4 is 11.5 Å². The van der Waals surface area contributed by atoms with E-state index in [2.05, 4.69) is 5.32 Å². The van der Waals surface area contributed by atoms with Gasteiger partial charge in [-0.15, -0.1) is 0 Å². The first-order valence-corrected chi connectivity index (χ1v) is 4.30. The van der Waals surface area contributed by atoms with Gasteiger partial charge in [-0.1, -0.05) is 0 Å². The lowest BCUT2D eigenvalue weighted by atomic mass is 10.3. The van der Waals surface area contributed by atoms with Gasteiger partial charge in [-0.2, -0.15) is 0 Å². The fourth-order valence-electron chi connectivity index (χ4n) is 0.942. The van der Waals surface area contributed by atoms with Crippen molar-refractivity contribution in [3.05, 3.63) is 36.5 Å². The highest BCUT2D eigenvalue weighted by Crippen LogP contribution is 2.14. The maximum atomic E-state index is 10.6. The number of methoxy groups -OCH3 is 1. The van der Waals surface area contributed by atoms with Crippen LogP contribution in [0.25, 0.3) is 0 Å². The van der Waals surface area contributed by atoms with E-state index >= 15 is 0 Å². The number of hydrogen-bond acceptors (Lipinski definition) is 3. The molecule has 1 aromatic rings. The molecule has 0 atom stereocenters. The molecule has 74 valence electrons. The number of carbonyl (C=O) groups excluding carboxylic acids is 1. The molecule has 0 amide bonds. The minimum Gasteiger partial charge on any atom is -0.497 e. The van der Waals surface area contributed by atoms with Crippen LogP contribution in [0.5, 0.6) is 5.75 Å². The number of benzene rings is 1. The van der Waals surface area contributed by atoms with Crippen LogP contribution >= 0.6 is 0 Å². The Hall–Kier alpha value is -1.77. The van der Waals surface area contributed by atoms with Gasteiger partial charge in [-0.25, -0.2) is 0 Å². The van der Waals surface area contributed by atoms with Gasteiger partial charge in [0.25, 0.3) is 0 Å². The van der Waals surface area contributed by atoms with Crippen molar-refractivity contribution in [1.82, 2.24) is 0 Å². The standard InChI is InChI=1S/C11H13NO2/c1-9(13)7-8-12-10-3-5-11(14-2)6-4-10/h3-8,12H,1-2H3/b8-7+. The average Bonchev–Trinajstić information content (AvgIpc) is 2.18. The van der Waals surface area contributed by atoms with Crippen molar-refractivity contribution in [3.63, 3.8) is 0 Å². The summed E-state index contributed by atoms with van der Waals surface area (Å²) in [4.78, 5) is 10.6. The number of carbonyl (C=O) groups is 1. The lowest BCUT2D eigenvalue weighted by Crippen LogP contribution is -1.90. The largest absolute Gasteiger partial charge is 0.497 e. The molecular weight excluding hydrogens is 178 g/mol. The van der Waals surface area contributed by atoms with Gasteiger partial charge in [0.15, 0.2) is 5.78 Å². The van der Waals surface area contributed by atoms with Crippen LogP contribution in [0, 0.1) is 0 Å². The van der Waals surface area contributed by atoms with Gasteiger partial charge >= 0.3 is 0 Å². The molecule has 3 heteroatoms. The van der Waals surface area contributed by atoms with E-state index in [1.54, 1.807) is 13.3 Å².